The summed E-state index contributed by atoms with van der Waals surface area (Å²) in [4.78, 5) is 34.0. The van der Waals surface area contributed by atoms with Gasteiger partial charge in [0, 0.05) is 19.5 Å². The smallest absolute Gasteiger partial charge is 0.320 e. The number of aliphatic hydroxyl groups is 1. The van der Waals surface area contributed by atoms with Crippen LogP contribution in [0.3, 0.4) is 0 Å². The van der Waals surface area contributed by atoms with Crippen LogP contribution in [0.1, 0.15) is 12.8 Å². The minimum absolute atomic E-state index is 0.00453. The Balaban J connectivity index is 3.39. The van der Waals surface area contributed by atoms with Crippen LogP contribution >= 0.6 is 0 Å². The van der Waals surface area contributed by atoms with Gasteiger partial charge in [0.2, 0.25) is 0 Å². The first-order valence-electron chi connectivity index (χ1n) is 9.70. The zero-order chi connectivity index (χ0) is 21.7. The molecule has 0 radical (unpaired) electrons. The van der Waals surface area contributed by atoms with Crippen molar-refractivity contribution in [3.05, 3.63) is 0 Å². The number of likely N-dealkylation sites (N-methyl/N-ethyl adjacent to an activating group) is 1. The Morgan fingerprint density at radius 1 is 0.862 bits per heavy atom. The molecule has 0 aromatic rings. The summed E-state index contributed by atoms with van der Waals surface area (Å²) < 4.78 is 15.6. The van der Waals surface area contributed by atoms with Crippen molar-refractivity contribution in [1.82, 2.24) is 16.0 Å². The zero-order valence-corrected chi connectivity index (χ0v) is 17.1. The molecule has 170 valence electrons. The lowest BCUT2D eigenvalue weighted by Gasteiger charge is -2.10. The van der Waals surface area contributed by atoms with Gasteiger partial charge in [0.15, 0.2) is 5.78 Å². The highest BCUT2D eigenvalue weighted by Gasteiger charge is 2.15. The molecule has 0 aliphatic rings. The van der Waals surface area contributed by atoms with E-state index in [0.29, 0.717) is 39.5 Å². The molecule has 0 rings (SSSR count). The predicted molar refractivity (Wildman–Crippen MR) is 105 cm³/mol. The van der Waals surface area contributed by atoms with Crippen LogP contribution in [0.5, 0.6) is 0 Å². The fourth-order valence-electron chi connectivity index (χ4n) is 2.15. The molecule has 0 bridgehead atoms. The lowest BCUT2D eigenvalue weighted by molar-refractivity contribution is -0.139. The van der Waals surface area contributed by atoms with Gasteiger partial charge in [-0.15, -0.1) is 0 Å². The monoisotopic (exact) mass is 421 g/mol. The van der Waals surface area contributed by atoms with Gasteiger partial charge in [-0.2, -0.15) is 0 Å². The highest BCUT2D eigenvalue weighted by Crippen LogP contribution is 1.97. The van der Waals surface area contributed by atoms with Gasteiger partial charge in [0.1, 0.15) is 18.4 Å². The second kappa shape index (κ2) is 19.8. The van der Waals surface area contributed by atoms with Gasteiger partial charge in [-0.3, -0.25) is 14.4 Å². The number of carboxylic acid groups (broad SMARTS) is 1. The highest BCUT2D eigenvalue weighted by atomic mass is 16.5. The first-order chi connectivity index (χ1) is 14.0. The Labute approximate surface area is 171 Å². The van der Waals surface area contributed by atoms with E-state index in [1.54, 1.807) is 7.05 Å². The van der Waals surface area contributed by atoms with Crippen LogP contribution in [0, 0.1) is 0 Å². The van der Waals surface area contributed by atoms with E-state index in [4.69, 9.17) is 24.4 Å². The van der Waals surface area contributed by atoms with E-state index in [-0.39, 0.29) is 57.3 Å². The van der Waals surface area contributed by atoms with Gasteiger partial charge in [-0.25, -0.2) is 0 Å². The van der Waals surface area contributed by atoms with Crippen molar-refractivity contribution < 1.29 is 38.8 Å². The topological polar surface area (TPSA) is 155 Å². The number of nitrogens with one attached hydrogen (secondary N) is 3. The highest BCUT2D eigenvalue weighted by molar-refractivity contribution is 5.82. The molecule has 0 aliphatic carbocycles. The van der Waals surface area contributed by atoms with Gasteiger partial charge >= 0.3 is 5.97 Å². The van der Waals surface area contributed by atoms with E-state index in [0.717, 1.165) is 0 Å². The number of hydrogen-bond acceptors (Lipinski definition) is 10. The largest absolute Gasteiger partial charge is 0.480 e. The third kappa shape index (κ3) is 18.3. The van der Waals surface area contributed by atoms with Crippen LogP contribution in [0.15, 0.2) is 0 Å². The molecule has 0 aliphatic heterocycles. The number of carbonyl (C=O) groups is 3. The molecule has 1 unspecified atom stereocenters. The van der Waals surface area contributed by atoms with Crippen molar-refractivity contribution in [1.29, 1.82) is 0 Å². The molecular weight excluding hydrogens is 386 g/mol. The fraction of sp³-hybridized carbons (Fsp3) is 0.833. The summed E-state index contributed by atoms with van der Waals surface area (Å²) in [6.07, 6.45) is 0.448. The van der Waals surface area contributed by atoms with Crippen molar-refractivity contribution >= 4 is 17.5 Å². The van der Waals surface area contributed by atoms with E-state index in [2.05, 4.69) is 16.0 Å². The van der Waals surface area contributed by atoms with Crippen molar-refractivity contribution in [2.24, 2.45) is 0 Å². The molecule has 0 spiro atoms. The molecule has 0 fully saturated rings. The summed E-state index contributed by atoms with van der Waals surface area (Å²) in [5.41, 5.74) is 0. The average molecular weight is 421 g/mol. The van der Waals surface area contributed by atoms with Crippen molar-refractivity contribution in [3.63, 3.8) is 0 Å². The maximum absolute atomic E-state index is 11.7. The van der Waals surface area contributed by atoms with Crippen LogP contribution in [-0.4, -0.2) is 113 Å². The van der Waals surface area contributed by atoms with Crippen molar-refractivity contribution in [3.8, 4) is 0 Å². The number of aliphatic hydroxyl groups excluding tert-OH is 1. The third-order valence-electron chi connectivity index (χ3n) is 3.72. The molecule has 0 aromatic carbocycles. The average Bonchev–Trinajstić information content (AvgIpc) is 2.69. The summed E-state index contributed by atoms with van der Waals surface area (Å²) in [6, 6.07) is -0.712. The van der Waals surface area contributed by atoms with E-state index in [1.165, 1.54) is 0 Å². The summed E-state index contributed by atoms with van der Waals surface area (Å²) in [7, 11) is 1.55. The molecule has 5 N–H and O–H groups in total. The first kappa shape index (κ1) is 27.5. The Hall–Kier alpha value is -1.47. The van der Waals surface area contributed by atoms with Gasteiger partial charge < -0.3 is 40.4 Å². The fourth-order valence-corrected chi connectivity index (χ4v) is 2.15. The van der Waals surface area contributed by atoms with Crippen LogP contribution < -0.4 is 16.0 Å². The SMILES string of the molecule is CNC(CCC(=O)CNCCOCCOCC(=O)CNCCOCCO)C(=O)O. The quantitative estimate of drug-likeness (QED) is 0.121. The van der Waals surface area contributed by atoms with Crippen molar-refractivity contribution in [2.75, 3.05) is 79.5 Å². The maximum atomic E-state index is 11.7. The molecule has 0 aromatic heterocycles. The standard InChI is InChI=1S/C18H35N3O8/c1-19-17(18(25)26)3-2-15(23)12-20-5-8-28-10-11-29-14-16(24)13-21-4-7-27-9-6-22/h17,19-22H,2-14H2,1H3,(H,25,26). The van der Waals surface area contributed by atoms with E-state index in [9.17, 15) is 14.4 Å². The van der Waals surface area contributed by atoms with Crippen LogP contribution in [0.25, 0.3) is 0 Å². The molecule has 11 nitrogen and oxygen atoms in total. The molecule has 11 heteroatoms. The molecule has 0 amide bonds. The molecule has 29 heavy (non-hydrogen) atoms. The molecule has 1 atom stereocenters. The van der Waals surface area contributed by atoms with Crippen molar-refractivity contribution in [2.45, 2.75) is 18.9 Å². The van der Waals surface area contributed by atoms with Gasteiger partial charge in [0.05, 0.1) is 52.7 Å². The molecule has 0 saturated heterocycles. The Morgan fingerprint density at radius 2 is 1.45 bits per heavy atom. The lowest BCUT2D eigenvalue weighted by Crippen LogP contribution is -2.35. The maximum Gasteiger partial charge on any atom is 0.320 e. The van der Waals surface area contributed by atoms with E-state index < -0.39 is 12.0 Å². The zero-order valence-electron chi connectivity index (χ0n) is 17.1. The number of rotatable bonds is 22. The van der Waals surface area contributed by atoms with Crippen LogP contribution in [-0.2, 0) is 28.6 Å². The number of carboxylic acids is 1. The Morgan fingerprint density at radius 3 is 2.03 bits per heavy atom. The Kier molecular flexibility index (Phi) is 18.8. The molecule has 0 heterocycles. The normalized spacial score (nSPS) is 12.1. The number of hydrogen-bond donors (Lipinski definition) is 5. The summed E-state index contributed by atoms with van der Waals surface area (Å²) >= 11 is 0. The third-order valence-corrected chi connectivity index (χ3v) is 3.72. The number of ketones is 2. The Bertz CT molecular complexity index is 451. The second-order valence-electron chi connectivity index (χ2n) is 6.15. The van der Waals surface area contributed by atoms with Crippen LogP contribution in [0.4, 0.5) is 0 Å². The summed E-state index contributed by atoms with van der Waals surface area (Å²) in [5, 5.41) is 25.9. The minimum atomic E-state index is -0.967. The number of Topliss-reactive ketones (excluding diaryl/α,β-unsaturated/α-hetero) is 2. The predicted octanol–water partition coefficient (Wildman–Crippen LogP) is -2.20. The minimum Gasteiger partial charge on any atom is -0.480 e. The number of ether oxygens (including phenoxy) is 3. The molecule has 0 saturated carbocycles. The van der Waals surface area contributed by atoms with Crippen LogP contribution in [0.2, 0.25) is 0 Å². The lowest BCUT2D eigenvalue weighted by atomic mass is 10.1. The van der Waals surface area contributed by atoms with Gasteiger partial charge in [-0.1, -0.05) is 0 Å². The number of carbonyl (C=O) groups excluding carboxylic acids is 2. The van der Waals surface area contributed by atoms with Gasteiger partial charge in [0.25, 0.3) is 0 Å². The number of aliphatic carboxylic acids is 1. The molecular formula is C18H35N3O8. The van der Waals surface area contributed by atoms with E-state index >= 15 is 0 Å². The van der Waals surface area contributed by atoms with E-state index in [1.807, 2.05) is 0 Å². The summed E-state index contributed by atoms with van der Waals surface area (Å²) in [5.74, 6) is -1.09. The first-order valence-corrected chi connectivity index (χ1v) is 9.70. The summed E-state index contributed by atoms with van der Waals surface area (Å²) in [6.45, 7) is 3.12. The second-order valence-corrected chi connectivity index (χ2v) is 6.15. The van der Waals surface area contributed by atoms with Gasteiger partial charge in [-0.05, 0) is 13.5 Å².